The predicted molar refractivity (Wildman–Crippen MR) is 203 cm³/mol. The van der Waals surface area contributed by atoms with E-state index in [9.17, 15) is 9.90 Å². The van der Waals surface area contributed by atoms with Crippen molar-refractivity contribution in [3.05, 3.63) is 41.5 Å². The van der Waals surface area contributed by atoms with Gasteiger partial charge in [0.2, 0.25) is 0 Å². The van der Waals surface area contributed by atoms with Crippen LogP contribution in [0.1, 0.15) is 95.1 Å². The van der Waals surface area contributed by atoms with Crippen LogP contribution < -0.4 is 4.74 Å². The zero-order chi connectivity index (χ0) is 36.5. The summed E-state index contributed by atoms with van der Waals surface area (Å²) in [6, 6.07) is 7.75. The van der Waals surface area contributed by atoms with Crippen LogP contribution in [-0.2, 0) is 25.0 Å². The van der Waals surface area contributed by atoms with E-state index in [1.165, 1.54) is 5.57 Å². The zero-order valence-electron chi connectivity index (χ0n) is 33.2. The number of ether oxygens (including phenoxy) is 2. The first kappa shape index (κ1) is 43.7. The molecule has 0 aromatic heterocycles. The number of carbonyl (C=O) groups excluding carboxylic acids is 1. The monoisotopic (exact) mass is 692 g/mol. The molecule has 0 aliphatic carbocycles. The molecule has 0 aliphatic rings. The van der Waals surface area contributed by atoms with Gasteiger partial charge in [-0.15, -0.1) is 0 Å². The number of ketones is 1. The number of carbonyl (C=O) groups is 1. The lowest BCUT2D eigenvalue weighted by Gasteiger charge is -2.43. The van der Waals surface area contributed by atoms with Gasteiger partial charge in [0, 0.05) is 30.3 Å². The number of Topliss-reactive ketones (excluding diaryl/α,β-unsaturated/α-hetero) is 1. The normalized spacial score (nSPS) is 18.2. The summed E-state index contributed by atoms with van der Waals surface area (Å²) >= 11 is 0. The van der Waals surface area contributed by atoms with Crippen LogP contribution in [0.5, 0.6) is 5.75 Å². The lowest BCUT2D eigenvalue weighted by molar-refractivity contribution is -0.131. The highest BCUT2D eigenvalue weighted by Crippen LogP contribution is 2.41. The van der Waals surface area contributed by atoms with Gasteiger partial charge in [-0.3, -0.25) is 4.79 Å². The third kappa shape index (κ3) is 13.5. The Hall–Kier alpha value is -1.30. The average molecular weight is 693 g/mol. The Balaban J connectivity index is 2.93. The van der Waals surface area contributed by atoms with E-state index < -0.39 is 28.7 Å². The molecule has 1 rings (SSSR count). The lowest BCUT2D eigenvalue weighted by Crippen LogP contribution is -2.49. The molecule has 0 amide bonds. The molecule has 47 heavy (non-hydrogen) atoms. The molecular weight excluding hydrogens is 621 g/mol. The van der Waals surface area contributed by atoms with Crippen molar-refractivity contribution in [1.82, 2.24) is 0 Å². The molecule has 6 nitrogen and oxygen atoms in total. The van der Waals surface area contributed by atoms with E-state index in [0.717, 1.165) is 11.3 Å². The van der Waals surface area contributed by atoms with E-state index in [1.54, 1.807) is 7.11 Å². The van der Waals surface area contributed by atoms with Crippen molar-refractivity contribution in [2.24, 2.45) is 29.6 Å². The number of allylic oxidation sites excluding steroid dienone is 1. The van der Waals surface area contributed by atoms with Gasteiger partial charge in [0.1, 0.15) is 11.5 Å². The largest absolute Gasteiger partial charge is 0.497 e. The number of benzene rings is 1. The minimum absolute atomic E-state index is 0.0149. The SMILES string of the molecule is COc1ccc(COC[C@@H](C)[C@@H](O)[C@H](C)C(=O)[C@H](C)C/C(C)=C\[C@@H](C)[C@H](O[Si](C)(C)C(C)(C)C)[C@H](C)CO[Si](C)(C)C(C)(C)C)cc1. The highest BCUT2D eigenvalue weighted by atomic mass is 28.4. The molecule has 8 heteroatoms. The summed E-state index contributed by atoms with van der Waals surface area (Å²) in [6.45, 7) is 36.9. The second kappa shape index (κ2) is 18.1. The molecule has 0 unspecified atom stereocenters. The van der Waals surface area contributed by atoms with Crippen LogP contribution in [0.3, 0.4) is 0 Å². The minimum atomic E-state index is -2.05. The van der Waals surface area contributed by atoms with Crippen molar-refractivity contribution in [3.8, 4) is 5.75 Å². The van der Waals surface area contributed by atoms with Crippen LogP contribution in [0.2, 0.25) is 36.3 Å². The summed E-state index contributed by atoms with van der Waals surface area (Å²) in [5, 5.41) is 11.3. The second-order valence-corrected chi connectivity index (χ2v) is 27.0. The maximum atomic E-state index is 13.5. The van der Waals surface area contributed by atoms with E-state index >= 15 is 0 Å². The van der Waals surface area contributed by atoms with Crippen LogP contribution in [0.15, 0.2) is 35.9 Å². The third-order valence-electron chi connectivity index (χ3n) is 10.8. The van der Waals surface area contributed by atoms with Gasteiger partial charge in [-0.05, 0) is 73.2 Å². The van der Waals surface area contributed by atoms with Crippen LogP contribution in [0.4, 0.5) is 0 Å². The number of hydrogen-bond acceptors (Lipinski definition) is 6. The van der Waals surface area contributed by atoms with Gasteiger partial charge in [-0.25, -0.2) is 0 Å². The van der Waals surface area contributed by atoms with Gasteiger partial charge in [-0.1, -0.05) is 99.9 Å². The summed E-state index contributed by atoms with van der Waals surface area (Å²) in [6.07, 6.45) is 2.21. The van der Waals surface area contributed by atoms with Gasteiger partial charge in [0.25, 0.3) is 0 Å². The fourth-order valence-corrected chi connectivity index (χ4v) is 7.99. The molecule has 272 valence electrons. The van der Waals surface area contributed by atoms with Crippen molar-refractivity contribution in [2.75, 3.05) is 20.3 Å². The minimum Gasteiger partial charge on any atom is -0.497 e. The molecule has 1 aromatic carbocycles. The number of rotatable bonds is 19. The van der Waals surface area contributed by atoms with Crippen molar-refractivity contribution in [2.45, 2.75) is 145 Å². The Morgan fingerprint density at radius 2 is 1.38 bits per heavy atom. The molecule has 1 aromatic rings. The van der Waals surface area contributed by atoms with E-state index in [4.69, 9.17) is 18.3 Å². The van der Waals surface area contributed by atoms with E-state index in [-0.39, 0.29) is 45.6 Å². The predicted octanol–water partition coefficient (Wildman–Crippen LogP) is 10.1. The van der Waals surface area contributed by atoms with Crippen molar-refractivity contribution in [3.63, 3.8) is 0 Å². The lowest BCUT2D eigenvalue weighted by atomic mass is 9.83. The van der Waals surface area contributed by atoms with E-state index in [0.29, 0.717) is 26.2 Å². The number of hydrogen-bond donors (Lipinski definition) is 1. The number of aliphatic hydroxyl groups is 1. The van der Waals surface area contributed by atoms with Gasteiger partial charge < -0.3 is 23.4 Å². The Kier molecular flexibility index (Phi) is 16.8. The summed E-state index contributed by atoms with van der Waals surface area (Å²) in [4.78, 5) is 13.5. The number of aliphatic hydroxyl groups excluding tert-OH is 1. The van der Waals surface area contributed by atoms with Gasteiger partial charge in [0.15, 0.2) is 16.6 Å². The van der Waals surface area contributed by atoms with Crippen LogP contribution >= 0.6 is 0 Å². The first-order valence-corrected chi connectivity index (χ1v) is 23.6. The van der Waals surface area contributed by atoms with Crippen molar-refractivity contribution in [1.29, 1.82) is 0 Å². The van der Waals surface area contributed by atoms with Gasteiger partial charge in [0.05, 0.1) is 32.5 Å². The molecule has 0 radical (unpaired) electrons. The molecule has 0 fully saturated rings. The van der Waals surface area contributed by atoms with Crippen LogP contribution in [0, 0.1) is 29.6 Å². The highest BCUT2D eigenvalue weighted by molar-refractivity contribution is 6.74. The first-order chi connectivity index (χ1) is 21.3. The fraction of sp³-hybridized carbons (Fsp3) is 0.769. The maximum absolute atomic E-state index is 13.5. The first-order valence-electron chi connectivity index (χ1n) is 17.8. The molecule has 0 aliphatic heterocycles. The topological polar surface area (TPSA) is 74.2 Å². The van der Waals surface area contributed by atoms with Gasteiger partial charge >= 0.3 is 0 Å². The van der Waals surface area contributed by atoms with E-state index in [1.807, 2.05) is 45.0 Å². The van der Waals surface area contributed by atoms with E-state index in [2.05, 4.69) is 94.6 Å². The number of methoxy groups -OCH3 is 1. The van der Waals surface area contributed by atoms with Gasteiger partial charge in [-0.2, -0.15) is 0 Å². The van der Waals surface area contributed by atoms with Crippen molar-refractivity contribution < 1.29 is 28.2 Å². The zero-order valence-corrected chi connectivity index (χ0v) is 35.2. The summed E-state index contributed by atoms with van der Waals surface area (Å²) < 4.78 is 24.9. The summed E-state index contributed by atoms with van der Waals surface area (Å²) in [7, 11) is -2.30. The molecule has 0 bridgehead atoms. The van der Waals surface area contributed by atoms with Crippen molar-refractivity contribution >= 4 is 22.4 Å². The molecular formula is C39H72O6Si2. The fourth-order valence-electron chi connectivity index (χ4n) is 5.40. The Morgan fingerprint density at radius 3 is 1.87 bits per heavy atom. The second-order valence-electron chi connectivity index (χ2n) is 17.4. The highest BCUT2D eigenvalue weighted by Gasteiger charge is 2.43. The molecule has 1 N–H and O–H groups in total. The molecule has 0 heterocycles. The maximum Gasteiger partial charge on any atom is 0.192 e. The molecule has 0 saturated heterocycles. The Bertz CT molecular complexity index is 1120. The van der Waals surface area contributed by atoms with Crippen LogP contribution in [0.25, 0.3) is 0 Å². The Morgan fingerprint density at radius 1 is 0.851 bits per heavy atom. The molecule has 0 saturated carbocycles. The third-order valence-corrected chi connectivity index (χ3v) is 19.8. The molecule has 0 spiro atoms. The summed E-state index contributed by atoms with van der Waals surface area (Å²) in [5.41, 5.74) is 2.22. The van der Waals surface area contributed by atoms with Crippen LogP contribution in [-0.4, -0.2) is 60.1 Å². The standard InChI is InChI=1S/C39H72O6Si2/c1-27(22-28(2)35(40)32(6)36(41)30(4)24-43-26-33-18-20-34(42-13)21-19-33)23-29(3)37(45-47(16,17)39(10,11)12)31(5)25-44-46(14,15)38(7,8)9/h18-21,23,28-32,36-37,41H,22,24-26H2,1-17H3/b27-23-/t28-,29-,30-,31-,32-,36-,37+/m1/s1. The quantitative estimate of drug-likeness (QED) is 0.115. The summed E-state index contributed by atoms with van der Waals surface area (Å²) in [5.74, 6) is 0.436. The average Bonchev–Trinajstić information content (AvgIpc) is 2.96. The molecule has 7 atom stereocenters. The smallest absolute Gasteiger partial charge is 0.192 e. The Labute approximate surface area is 291 Å².